The first-order valence-electron chi connectivity index (χ1n) is 36.4. The number of aromatic hydroxyl groups is 3. The molecule has 0 amide bonds. The Kier molecular flexibility index (Phi) is 27.7. The van der Waals surface area contributed by atoms with Gasteiger partial charge >= 0.3 is 0 Å². The molecule has 9 nitrogen and oxygen atoms in total. The number of phenolic OH excluding ortho intramolecular Hbond substituents is 3. The van der Waals surface area contributed by atoms with Crippen LogP contribution < -0.4 is 0 Å². The van der Waals surface area contributed by atoms with Crippen molar-refractivity contribution in [1.82, 2.24) is 14.7 Å². The highest BCUT2D eigenvalue weighted by Gasteiger charge is 2.25. The number of benzene rings is 9. The summed E-state index contributed by atoms with van der Waals surface area (Å²) in [6, 6.07) is 81.5. The first-order chi connectivity index (χ1) is 48.4. The van der Waals surface area contributed by atoms with Crippen LogP contribution in [-0.4, -0.2) is 124 Å². The first-order valence-corrected chi connectivity index (χ1v) is 36.4. The van der Waals surface area contributed by atoms with E-state index in [1.807, 2.05) is 54.6 Å². The number of hydrogen-bond donors (Lipinski definition) is 6. The number of aliphatic hydroxyl groups excluding tert-OH is 3. The van der Waals surface area contributed by atoms with Gasteiger partial charge in [-0.3, -0.25) is 0 Å². The van der Waals surface area contributed by atoms with Crippen LogP contribution in [0.1, 0.15) is 182 Å². The van der Waals surface area contributed by atoms with E-state index in [9.17, 15) is 30.6 Å². The highest BCUT2D eigenvalue weighted by Crippen LogP contribution is 2.42. The zero-order valence-electron chi connectivity index (χ0n) is 58.9. The van der Waals surface area contributed by atoms with E-state index in [0.717, 1.165) is 119 Å². The van der Waals surface area contributed by atoms with Gasteiger partial charge in [-0.15, -0.1) is 0 Å². The van der Waals surface area contributed by atoms with Gasteiger partial charge in [-0.2, -0.15) is 0 Å². The number of rotatable bonds is 23. The van der Waals surface area contributed by atoms with Crippen molar-refractivity contribution >= 4 is 33.4 Å². The van der Waals surface area contributed by atoms with Gasteiger partial charge in [-0.05, 0) is 298 Å². The number of allylic oxidation sites excluding steroid dienone is 3. The molecular weight excluding hydrogens is 1220 g/mol. The largest absolute Gasteiger partial charge is 0.508 e. The summed E-state index contributed by atoms with van der Waals surface area (Å²) in [6.07, 6.45) is 11.6. The van der Waals surface area contributed by atoms with Gasteiger partial charge in [0, 0.05) is 25.9 Å². The molecule has 0 saturated carbocycles. The lowest BCUT2D eigenvalue weighted by molar-refractivity contribution is 0.172. The smallest absolute Gasteiger partial charge is 0.116 e. The second kappa shape index (κ2) is 37.5. The number of aliphatic hydroxyl groups is 3. The third kappa shape index (κ3) is 20.3. The van der Waals surface area contributed by atoms with Crippen LogP contribution in [0.2, 0.25) is 0 Å². The van der Waals surface area contributed by atoms with Crippen molar-refractivity contribution in [2.24, 2.45) is 0 Å². The fourth-order valence-corrected chi connectivity index (χ4v) is 14.9. The first kappa shape index (κ1) is 73.1. The molecule has 3 saturated heterocycles. The lowest BCUT2D eigenvalue weighted by Gasteiger charge is -2.34. The molecule has 0 unspecified atom stereocenters. The van der Waals surface area contributed by atoms with E-state index >= 15 is 0 Å². The molecule has 0 aromatic heterocycles. The standard InChI is InChI=1S/C31H37NO2.C30H35NO2.C29H33NO2/c1-23(2)32-19-17-25(18-20-32)24-13-15-27(16-14-24)31(28-10-6-11-29(34)22-28)30(12-7-21-33)26-8-4-3-5-9-26;1-2-31-19-17-24(18-20-31)23-13-15-26(16-14-23)30(27-10-6-11-28(33)22-27)29(12-7-21-32)25-8-4-3-5-9-25;1-30-18-16-23(17-19-30)22-12-14-25(15-13-22)29(26-9-5-10-27(32)21-26)28(11-6-20-31)24-7-3-2-4-8-24/h3-6,8-11,13-16,22-23,25,33-34H,7,12,17-21H2,1-2H3;3-6,8-11,13-16,22,24,32-33H,2,7,12,17-21H2,1H3;2-5,7-10,12-15,21,23,31-32H,6,11,16-20H2,1H3/b31-30+;30-29+;29-28+. The zero-order valence-corrected chi connectivity index (χ0v) is 58.9. The van der Waals surface area contributed by atoms with Gasteiger partial charge in [-0.25, -0.2) is 0 Å². The molecule has 6 N–H and O–H groups in total. The average molecular weight is 1320 g/mol. The van der Waals surface area contributed by atoms with Crippen LogP contribution in [0, 0.1) is 0 Å². The number of hydrogen-bond acceptors (Lipinski definition) is 9. The van der Waals surface area contributed by atoms with Crippen molar-refractivity contribution in [3.05, 3.63) is 303 Å². The number of likely N-dealkylation sites (tertiary alicyclic amines) is 3. The van der Waals surface area contributed by atoms with Crippen molar-refractivity contribution in [3.8, 4) is 17.2 Å². The summed E-state index contributed by atoms with van der Waals surface area (Å²) < 4.78 is 0. The van der Waals surface area contributed by atoms with Crippen molar-refractivity contribution in [2.45, 2.75) is 122 Å². The van der Waals surface area contributed by atoms with Gasteiger partial charge in [0.25, 0.3) is 0 Å². The van der Waals surface area contributed by atoms with Crippen LogP contribution in [0.3, 0.4) is 0 Å². The maximum atomic E-state index is 10.2. The number of phenols is 3. The van der Waals surface area contributed by atoms with Crippen molar-refractivity contribution < 1.29 is 30.6 Å². The van der Waals surface area contributed by atoms with Crippen molar-refractivity contribution in [3.63, 3.8) is 0 Å². The van der Waals surface area contributed by atoms with Gasteiger partial charge in [0.1, 0.15) is 17.2 Å². The second-order valence-electron chi connectivity index (χ2n) is 27.3. The predicted octanol–water partition coefficient (Wildman–Crippen LogP) is 19.0. The van der Waals surface area contributed by atoms with Crippen LogP contribution in [0.15, 0.2) is 237 Å². The molecule has 99 heavy (non-hydrogen) atoms. The third-order valence-electron chi connectivity index (χ3n) is 20.5. The maximum Gasteiger partial charge on any atom is 0.116 e. The molecule has 9 aromatic carbocycles. The molecule has 0 radical (unpaired) electrons. The lowest BCUT2D eigenvalue weighted by atomic mass is 9.85. The second-order valence-corrected chi connectivity index (χ2v) is 27.3. The highest BCUT2D eigenvalue weighted by atomic mass is 16.3. The molecule has 12 rings (SSSR count). The van der Waals surface area contributed by atoms with E-state index in [0.29, 0.717) is 43.1 Å². The highest BCUT2D eigenvalue weighted by molar-refractivity contribution is 6.01. The normalized spacial score (nSPS) is 16.0. The topological polar surface area (TPSA) is 131 Å². The lowest BCUT2D eigenvalue weighted by Crippen LogP contribution is -2.37. The van der Waals surface area contributed by atoms with E-state index in [4.69, 9.17) is 0 Å². The Hall–Kier alpha value is -8.64. The third-order valence-corrected chi connectivity index (χ3v) is 20.5. The number of nitrogens with zero attached hydrogens (tertiary/aromatic N) is 3. The van der Waals surface area contributed by atoms with E-state index in [2.05, 4.69) is 206 Å². The Balaban J connectivity index is 0.000000161. The summed E-state index contributed by atoms with van der Waals surface area (Å²) in [6.45, 7) is 15.4. The summed E-state index contributed by atoms with van der Waals surface area (Å²) >= 11 is 0. The molecule has 0 atom stereocenters. The predicted molar refractivity (Wildman–Crippen MR) is 412 cm³/mol. The molecular formula is C90H105N3O6. The molecule has 3 aliphatic heterocycles. The Morgan fingerprint density at radius 2 is 0.626 bits per heavy atom. The van der Waals surface area contributed by atoms with E-state index in [1.54, 1.807) is 18.2 Å². The molecule has 3 fully saturated rings. The SMILES string of the molecule is CC(C)N1CCC(c2ccc(/C(=C(/CCCO)c3ccccc3)c3cccc(O)c3)cc2)CC1.CCN1CCC(c2ccc(/C(=C(/CCCO)c3ccccc3)c3cccc(O)c3)cc2)CC1.CN1CCC(c2ccc(/C(=C(/CCCO)c3ccccc3)c3cccc(O)c3)cc2)CC1. The Bertz CT molecular complexity index is 3990. The summed E-state index contributed by atoms with van der Waals surface area (Å²) in [5.41, 5.74) is 21.1. The fourth-order valence-electron chi connectivity index (χ4n) is 14.9. The van der Waals surface area contributed by atoms with Crippen LogP contribution in [0.4, 0.5) is 0 Å². The summed E-state index contributed by atoms with van der Waals surface area (Å²) in [5.74, 6) is 2.64. The molecule has 9 aromatic rings. The molecule has 516 valence electrons. The summed E-state index contributed by atoms with van der Waals surface area (Å²) in [7, 11) is 2.20. The molecule has 0 spiro atoms. The molecule has 3 heterocycles. The minimum absolute atomic E-state index is 0.150. The minimum atomic E-state index is 0.150. The Morgan fingerprint density at radius 3 is 0.899 bits per heavy atom. The molecule has 9 heteroatoms. The Labute approximate surface area is 590 Å². The van der Waals surface area contributed by atoms with E-state index in [-0.39, 0.29) is 37.1 Å². The average Bonchev–Trinajstić information content (AvgIpc) is 0.812. The quantitative estimate of drug-likeness (QED) is 0.0347. The van der Waals surface area contributed by atoms with Crippen LogP contribution >= 0.6 is 0 Å². The summed E-state index contributed by atoms with van der Waals surface area (Å²) in [5, 5.41) is 59.4. The van der Waals surface area contributed by atoms with Gasteiger partial charge in [0.15, 0.2) is 0 Å². The van der Waals surface area contributed by atoms with Gasteiger partial charge < -0.3 is 45.3 Å². The zero-order chi connectivity index (χ0) is 69.3. The minimum Gasteiger partial charge on any atom is -0.508 e. The maximum absolute atomic E-state index is 10.2. The molecule has 0 bridgehead atoms. The van der Waals surface area contributed by atoms with Crippen molar-refractivity contribution in [1.29, 1.82) is 0 Å². The monoisotopic (exact) mass is 1320 g/mol. The molecule has 0 aliphatic carbocycles. The number of piperidine rings is 3. The van der Waals surface area contributed by atoms with E-state index < -0.39 is 0 Å². The fraction of sp³-hybridized carbons (Fsp3) is 0.333. The van der Waals surface area contributed by atoms with Crippen LogP contribution in [-0.2, 0) is 0 Å². The van der Waals surface area contributed by atoms with Gasteiger partial charge in [0.2, 0.25) is 0 Å². The van der Waals surface area contributed by atoms with Crippen molar-refractivity contribution in [2.75, 3.05) is 72.7 Å². The van der Waals surface area contributed by atoms with Crippen LogP contribution in [0.5, 0.6) is 17.2 Å². The summed E-state index contributed by atoms with van der Waals surface area (Å²) in [4.78, 5) is 7.50. The Morgan fingerprint density at radius 1 is 0.343 bits per heavy atom. The van der Waals surface area contributed by atoms with Crippen LogP contribution in [0.25, 0.3) is 33.4 Å². The van der Waals surface area contributed by atoms with Gasteiger partial charge in [-0.1, -0.05) is 207 Å². The van der Waals surface area contributed by atoms with E-state index in [1.165, 1.54) is 85.0 Å². The van der Waals surface area contributed by atoms with Gasteiger partial charge in [0.05, 0.1) is 0 Å². The molecule has 3 aliphatic rings.